The van der Waals surface area contributed by atoms with Crippen LogP contribution in [0.25, 0.3) is 10.9 Å². The molecule has 0 radical (unpaired) electrons. The molecule has 1 aromatic carbocycles. The van der Waals surface area contributed by atoms with E-state index in [2.05, 4.69) is 4.98 Å². The molecule has 5 heteroatoms. The topological polar surface area (TPSA) is 96.4 Å². The van der Waals surface area contributed by atoms with Gasteiger partial charge >= 0.3 is 5.97 Å². The Kier molecular flexibility index (Phi) is 1.93. The average molecular weight is 204 g/mol. The molecule has 1 heterocycles. The first-order valence-corrected chi connectivity index (χ1v) is 4.20. The Labute approximate surface area is 84.8 Å². The highest BCUT2D eigenvalue weighted by Gasteiger charge is 2.10. The van der Waals surface area contributed by atoms with Gasteiger partial charge in [-0.3, -0.25) is 0 Å². The fourth-order valence-electron chi connectivity index (χ4n) is 1.35. The number of hydrogen-bond acceptors (Lipinski definition) is 4. The van der Waals surface area contributed by atoms with Crippen molar-refractivity contribution in [2.75, 3.05) is 5.73 Å². The number of nitrogens with two attached hydrogens (primary N) is 1. The van der Waals surface area contributed by atoms with Gasteiger partial charge in [0.05, 0.1) is 5.52 Å². The second-order valence-corrected chi connectivity index (χ2v) is 3.10. The number of fused-ring (bicyclic) bond motifs is 1. The van der Waals surface area contributed by atoms with Gasteiger partial charge in [0.1, 0.15) is 17.1 Å². The Morgan fingerprint density at radius 1 is 1.33 bits per heavy atom. The molecule has 0 fully saturated rings. The minimum atomic E-state index is -1.13. The molecule has 0 saturated carbocycles. The van der Waals surface area contributed by atoms with Gasteiger partial charge < -0.3 is 15.9 Å². The second-order valence-electron chi connectivity index (χ2n) is 3.10. The van der Waals surface area contributed by atoms with E-state index in [1.165, 1.54) is 18.2 Å². The van der Waals surface area contributed by atoms with Crippen molar-refractivity contribution in [3.63, 3.8) is 0 Å². The summed E-state index contributed by atoms with van der Waals surface area (Å²) < 4.78 is 0. The average Bonchev–Trinajstić information content (AvgIpc) is 2.17. The van der Waals surface area contributed by atoms with E-state index in [1.807, 2.05) is 0 Å². The highest BCUT2D eigenvalue weighted by atomic mass is 16.4. The normalized spacial score (nSPS) is 10.4. The number of aromatic hydroxyl groups is 1. The van der Waals surface area contributed by atoms with Crippen LogP contribution in [0.1, 0.15) is 10.4 Å². The van der Waals surface area contributed by atoms with E-state index in [-0.39, 0.29) is 17.1 Å². The van der Waals surface area contributed by atoms with Crippen LogP contribution in [0.3, 0.4) is 0 Å². The molecule has 76 valence electrons. The number of aromatic carboxylic acids is 1. The Balaban J connectivity index is 2.77. The predicted molar refractivity (Wildman–Crippen MR) is 54.8 cm³/mol. The number of nitrogens with zero attached hydrogens (tertiary/aromatic N) is 1. The molecule has 2 rings (SSSR count). The summed E-state index contributed by atoms with van der Waals surface area (Å²) in [6, 6.07) is 5.87. The third-order valence-corrected chi connectivity index (χ3v) is 2.06. The largest absolute Gasteiger partial charge is 0.508 e. The lowest BCUT2D eigenvalue weighted by molar-refractivity contribution is 0.0698. The van der Waals surface area contributed by atoms with Crippen LogP contribution in [0.15, 0.2) is 24.3 Å². The van der Waals surface area contributed by atoms with Gasteiger partial charge in [-0.05, 0) is 24.3 Å². The van der Waals surface area contributed by atoms with E-state index < -0.39 is 5.97 Å². The van der Waals surface area contributed by atoms with Crippen LogP contribution in [0.5, 0.6) is 5.75 Å². The summed E-state index contributed by atoms with van der Waals surface area (Å²) in [4.78, 5) is 14.7. The van der Waals surface area contributed by atoms with Crippen LogP contribution in [0.2, 0.25) is 0 Å². The number of phenols is 1. The van der Waals surface area contributed by atoms with Crippen molar-refractivity contribution in [1.29, 1.82) is 0 Å². The molecule has 0 bridgehead atoms. The van der Waals surface area contributed by atoms with E-state index in [4.69, 9.17) is 10.8 Å². The molecule has 0 saturated heterocycles. The summed E-state index contributed by atoms with van der Waals surface area (Å²) in [7, 11) is 0. The summed E-state index contributed by atoms with van der Waals surface area (Å²) >= 11 is 0. The first-order valence-electron chi connectivity index (χ1n) is 4.20. The molecule has 0 amide bonds. The Hall–Kier alpha value is -2.30. The van der Waals surface area contributed by atoms with Crippen molar-refractivity contribution in [2.45, 2.75) is 0 Å². The molecule has 0 unspecified atom stereocenters. The number of nitrogen functional groups attached to an aromatic ring is 1. The third kappa shape index (κ3) is 1.54. The summed E-state index contributed by atoms with van der Waals surface area (Å²) in [6.45, 7) is 0. The monoisotopic (exact) mass is 204 g/mol. The number of rotatable bonds is 1. The SMILES string of the molecule is Nc1nc2ccc(O)cc2cc1C(=O)O. The quantitative estimate of drug-likeness (QED) is 0.649. The lowest BCUT2D eigenvalue weighted by Gasteiger charge is -2.03. The van der Waals surface area contributed by atoms with Gasteiger partial charge in [0.15, 0.2) is 0 Å². The summed E-state index contributed by atoms with van der Waals surface area (Å²) in [5.41, 5.74) is 5.96. The number of benzene rings is 1. The van der Waals surface area contributed by atoms with Gasteiger partial charge in [0, 0.05) is 5.39 Å². The lowest BCUT2D eigenvalue weighted by Crippen LogP contribution is -2.04. The van der Waals surface area contributed by atoms with Crippen molar-refractivity contribution in [3.05, 3.63) is 29.8 Å². The summed E-state index contributed by atoms with van der Waals surface area (Å²) in [5.74, 6) is -1.10. The first kappa shape index (κ1) is 9.26. The summed E-state index contributed by atoms with van der Waals surface area (Å²) in [6.07, 6.45) is 0. The minimum absolute atomic E-state index is 0.0271. The van der Waals surface area contributed by atoms with E-state index in [9.17, 15) is 9.90 Å². The fourth-order valence-corrected chi connectivity index (χ4v) is 1.35. The first-order chi connectivity index (χ1) is 7.08. The van der Waals surface area contributed by atoms with Gasteiger partial charge in [-0.15, -0.1) is 0 Å². The molecular formula is C10H8N2O3. The molecule has 5 nitrogen and oxygen atoms in total. The molecule has 0 spiro atoms. The second kappa shape index (κ2) is 3.13. The Bertz CT molecular complexity index is 552. The number of phenolic OH excluding ortho intramolecular Hbond substituents is 1. The predicted octanol–water partition coefficient (Wildman–Crippen LogP) is 1.22. The van der Waals surface area contributed by atoms with Crippen LogP contribution in [-0.4, -0.2) is 21.2 Å². The van der Waals surface area contributed by atoms with Crippen LogP contribution >= 0.6 is 0 Å². The maximum Gasteiger partial charge on any atom is 0.339 e. The molecule has 4 N–H and O–H groups in total. The van der Waals surface area contributed by atoms with E-state index >= 15 is 0 Å². The molecule has 1 aromatic heterocycles. The van der Waals surface area contributed by atoms with Gasteiger partial charge in [0.25, 0.3) is 0 Å². The van der Waals surface area contributed by atoms with Crippen LogP contribution in [-0.2, 0) is 0 Å². The van der Waals surface area contributed by atoms with Crippen LogP contribution in [0.4, 0.5) is 5.82 Å². The van der Waals surface area contributed by atoms with Gasteiger partial charge in [-0.25, -0.2) is 9.78 Å². The number of carboxylic acids is 1. The highest BCUT2D eigenvalue weighted by Crippen LogP contribution is 2.22. The Morgan fingerprint density at radius 3 is 2.73 bits per heavy atom. The number of carbonyl (C=O) groups is 1. The van der Waals surface area contributed by atoms with Crippen molar-refractivity contribution in [3.8, 4) is 5.75 Å². The number of carboxylic acid groups (broad SMARTS) is 1. The minimum Gasteiger partial charge on any atom is -0.508 e. The van der Waals surface area contributed by atoms with Crippen LogP contribution < -0.4 is 5.73 Å². The van der Waals surface area contributed by atoms with Crippen molar-refractivity contribution in [2.24, 2.45) is 0 Å². The summed E-state index contributed by atoms with van der Waals surface area (Å²) in [5, 5.41) is 18.6. The molecule has 0 aliphatic rings. The molecular weight excluding hydrogens is 196 g/mol. The van der Waals surface area contributed by atoms with Crippen molar-refractivity contribution in [1.82, 2.24) is 4.98 Å². The van der Waals surface area contributed by atoms with Gasteiger partial charge in [-0.1, -0.05) is 0 Å². The zero-order valence-corrected chi connectivity index (χ0v) is 7.64. The van der Waals surface area contributed by atoms with E-state index in [0.29, 0.717) is 10.9 Å². The van der Waals surface area contributed by atoms with Gasteiger partial charge in [0.2, 0.25) is 0 Å². The number of hydrogen-bond donors (Lipinski definition) is 3. The standard InChI is InChI=1S/C10H8N2O3/c11-9-7(10(14)15)4-5-3-6(13)1-2-8(5)12-9/h1-4,13H,(H2,11,12)(H,14,15). The van der Waals surface area contributed by atoms with Crippen molar-refractivity contribution >= 4 is 22.7 Å². The smallest absolute Gasteiger partial charge is 0.339 e. The molecule has 0 aliphatic heterocycles. The van der Waals surface area contributed by atoms with Gasteiger partial charge in [-0.2, -0.15) is 0 Å². The third-order valence-electron chi connectivity index (χ3n) is 2.06. The molecule has 0 atom stereocenters. The number of aromatic nitrogens is 1. The van der Waals surface area contributed by atoms with E-state index in [0.717, 1.165) is 0 Å². The molecule has 2 aromatic rings. The molecule has 15 heavy (non-hydrogen) atoms. The fraction of sp³-hybridized carbons (Fsp3) is 0. The molecule has 0 aliphatic carbocycles. The maximum atomic E-state index is 10.8. The zero-order chi connectivity index (χ0) is 11.0. The lowest BCUT2D eigenvalue weighted by atomic mass is 10.1. The van der Waals surface area contributed by atoms with Crippen LogP contribution in [0, 0.1) is 0 Å². The highest BCUT2D eigenvalue weighted by molar-refractivity contribution is 5.97. The number of anilines is 1. The Morgan fingerprint density at radius 2 is 2.07 bits per heavy atom. The van der Waals surface area contributed by atoms with Crippen molar-refractivity contribution < 1.29 is 15.0 Å². The van der Waals surface area contributed by atoms with E-state index in [1.54, 1.807) is 6.07 Å². The zero-order valence-electron chi connectivity index (χ0n) is 7.64. The number of pyridine rings is 1. The maximum absolute atomic E-state index is 10.8.